The monoisotopic (exact) mass is 566 g/mol. The molecule has 2 aliphatic rings. The number of aromatic amines is 1. The van der Waals surface area contributed by atoms with Crippen molar-refractivity contribution in [3.63, 3.8) is 0 Å². The number of hydrogen-bond acceptors (Lipinski definition) is 8. The van der Waals surface area contributed by atoms with Gasteiger partial charge in [0, 0.05) is 37.8 Å². The van der Waals surface area contributed by atoms with Gasteiger partial charge in [-0.3, -0.25) is 14.8 Å². The number of aliphatic hydroxyl groups is 2. The van der Waals surface area contributed by atoms with Gasteiger partial charge in [0.2, 0.25) is 5.91 Å². The van der Waals surface area contributed by atoms with Crippen LogP contribution >= 0.6 is 11.3 Å². The molecule has 1 amide bonds. The number of aryl methyl sites for hydroxylation is 1. The lowest BCUT2D eigenvalue weighted by atomic mass is 9.80. The third-order valence-corrected chi connectivity index (χ3v) is 9.16. The molecule has 3 aromatic rings. The summed E-state index contributed by atoms with van der Waals surface area (Å²) < 4.78 is 38.9. The first kappa shape index (κ1) is 27.8. The van der Waals surface area contributed by atoms with Crippen LogP contribution in [0.4, 0.5) is 19.0 Å². The molecule has 1 aliphatic heterocycles. The number of aliphatic hydroxyl groups excluding tert-OH is 1. The van der Waals surface area contributed by atoms with E-state index in [1.54, 1.807) is 23.3 Å². The maximum atomic E-state index is 13.0. The van der Waals surface area contributed by atoms with Crippen LogP contribution < -0.4 is 10.2 Å². The number of likely N-dealkylation sites (tertiary alicyclic amines) is 1. The number of amides is 1. The van der Waals surface area contributed by atoms with Gasteiger partial charge in [0.15, 0.2) is 11.9 Å². The van der Waals surface area contributed by atoms with Crippen molar-refractivity contribution < 1.29 is 28.2 Å². The molecule has 212 valence electrons. The van der Waals surface area contributed by atoms with E-state index in [0.29, 0.717) is 35.6 Å². The molecule has 1 saturated carbocycles. The zero-order chi connectivity index (χ0) is 27.9. The lowest BCUT2D eigenvalue weighted by molar-refractivity contribution is -0.206. The fourth-order valence-electron chi connectivity index (χ4n) is 5.51. The van der Waals surface area contributed by atoms with Crippen molar-refractivity contribution in [2.45, 2.75) is 69.0 Å². The van der Waals surface area contributed by atoms with E-state index in [0.717, 1.165) is 42.2 Å². The van der Waals surface area contributed by atoms with Gasteiger partial charge in [-0.25, -0.2) is 4.98 Å². The summed E-state index contributed by atoms with van der Waals surface area (Å²) in [4.78, 5) is 22.0. The topological polar surface area (TPSA) is 118 Å². The number of halogens is 3. The lowest BCUT2D eigenvalue weighted by Crippen LogP contribution is -2.63. The van der Waals surface area contributed by atoms with Crippen LogP contribution in [0.15, 0.2) is 24.4 Å². The summed E-state index contributed by atoms with van der Waals surface area (Å²) in [6, 6.07) is 4.26. The van der Waals surface area contributed by atoms with Crippen molar-refractivity contribution in [1.29, 1.82) is 0 Å². The second-order valence-corrected chi connectivity index (χ2v) is 11.7. The van der Waals surface area contributed by atoms with Crippen molar-refractivity contribution in [1.82, 2.24) is 25.4 Å². The van der Waals surface area contributed by atoms with Crippen LogP contribution in [0.1, 0.15) is 54.2 Å². The molecule has 0 spiro atoms. The number of thiazole rings is 1. The van der Waals surface area contributed by atoms with Gasteiger partial charge < -0.3 is 20.4 Å². The number of nitrogens with zero attached hydrogens (tertiary/aromatic N) is 4. The second-order valence-electron chi connectivity index (χ2n) is 10.6. The number of carbonyl (C=O) groups excluding carboxylic acids is 1. The highest BCUT2D eigenvalue weighted by atomic mass is 32.1. The fraction of sp³-hybridized carbons (Fsp3) is 0.577. The van der Waals surface area contributed by atoms with E-state index < -0.39 is 17.9 Å². The normalized spacial score (nSPS) is 23.5. The summed E-state index contributed by atoms with van der Waals surface area (Å²) >= 11 is 1.59. The summed E-state index contributed by atoms with van der Waals surface area (Å²) in [5.74, 6) is 0.119. The van der Waals surface area contributed by atoms with Crippen molar-refractivity contribution >= 4 is 34.0 Å². The molecule has 3 heterocycles. The highest BCUT2D eigenvalue weighted by Crippen LogP contribution is 2.41. The molecule has 1 atom stereocenters. The number of benzene rings is 1. The number of hydrogen-bond donors (Lipinski definition) is 4. The minimum absolute atomic E-state index is 0.0183. The number of carbonyl (C=O) groups is 1. The maximum Gasteiger partial charge on any atom is 0.418 e. The quantitative estimate of drug-likeness (QED) is 0.331. The molecule has 1 aromatic carbocycles. The van der Waals surface area contributed by atoms with Gasteiger partial charge in [-0.15, -0.1) is 11.3 Å². The van der Waals surface area contributed by atoms with Gasteiger partial charge >= 0.3 is 6.18 Å². The number of nitrogens with one attached hydrogen (secondary N) is 2. The molecule has 2 fully saturated rings. The van der Waals surface area contributed by atoms with Gasteiger partial charge in [-0.1, -0.05) is 13.0 Å². The third-order valence-electron chi connectivity index (χ3n) is 7.82. The number of anilines is 1. The first-order chi connectivity index (χ1) is 18.5. The van der Waals surface area contributed by atoms with Crippen molar-refractivity contribution in [2.24, 2.45) is 0 Å². The molecule has 1 unspecified atom stereocenters. The SMILES string of the molecule is CCc1ncc(C2(O)CCC(N3CC(NC(=O)CN(C)c4n[nH]c5ccc(C(O)C(F)(F)F)cc45)C3)CC2)s1. The molecule has 39 heavy (non-hydrogen) atoms. The van der Waals surface area contributed by atoms with Crippen molar-refractivity contribution in [3.05, 3.63) is 39.8 Å². The first-order valence-electron chi connectivity index (χ1n) is 13.1. The van der Waals surface area contributed by atoms with Gasteiger partial charge in [0.25, 0.3) is 0 Å². The van der Waals surface area contributed by atoms with E-state index in [2.05, 4.69) is 32.3 Å². The van der Waals surface area contributed by atoms with Crippen LogP contribution in [0.2, 0.25) is 0 Å². The van der Waals surface area contributed by atoms with Crippen LogP contribution in [-0.2, 0) is 16.8 Å². The zero-order valence-corrected chi connectivity index (χ0v) is 22.6. The highest BCUT2D eigenvalue weighted by molar-refractivity contribution is 7.11. The Morgan fingerprint density at radius 2 is 2.05 bits per heavy atom. The summed E-state index contributed by atoms with van der Waals surface area (Å²) in [6.45, 7) is 3.52. The van der Waals surface area contributed by atoms with Gasteiger partial charge in [-0.05, 0) is 49.8 Å². The van der Waals surface area contributed by atoms with E-state index >= 15 is 0 Å². The van der Waals surface area contributed by atoms with Crippen molar-refractivity contribution in [2.75, 3.05) is 31.6 Å². The van der Waals surface area contributed by atoms with E-state index in [1.165, 1.54) is 18.2 Å². The molecule has 0 radical (unpaired) electrons. The second kappa shape index (κ2) is 10.7. The molecular formula is C26H33F3N6O3S. The number of alkyl halides is 3. The van der Waals surface area contributed by atoms with Crippen LogP contribution in [0, 0.1) is 0 Å². The summed E-state index contributed by atoms with van der Waals surface area (Å²) in [6.07, 6.45) is -1.54. The predicted octanol–water partition coefficient (Wildman–Crippen LogP) is 3.24. The number of aromatic nitrogens is 3. The summed E-state index contributed by atoms with van der Waals surface area (Å²) in [5.41, 5.74) is -0.582. The average Bonchev–Trinajstić information content (AvgIpc) is 3.53. The van der Waals surface area contributed by atoms with E-state index in [9.17, 15) is 28.2 Å². The number of likely N-dealkylation sites (N-methyl/N-ethyl adjacent to an activating group) is 1. The Kier molecular flexibility index (Phi) is 7.61. The van der Waals surface area contributed by atoms with Crippen LogP contribution in [0.3, 0.4) is 0 Å². The van der Waals surface area contributed by atoms with Crippen LogP contribution in [-0.4, -0.2) is 81.1 Å². The molecular weight excluding hydrogens is 533 g/mol. The standard InChI is InChI=1S/C26H33F3N6O3S/c1-3-22-30-11-20(39-22)25(38)8-6-17(7-9-25)35-12-16(13-35)31-21(36)14-34(2)24-18-10-15(23(37)26(27,28)29)4-5-19(18)32-33-24/h4-5,10-11,16-17,23,37-38H,3,6-9,12-14H2,1-2H3,(H,31,36)(H,32,33). The molecule has 13 heteroatoms. The Labute approximate surface area is 228 Å². The minimum Gasteiger partial charge on any atom is -0.384 e. The third kappa shape index (κ3) is 5.76. The van der Waals surface area contributed by atoms with E-state index in [-0.39, 0.29) is 24.1 Å². The molecule has 1 aliphatic carbocycles. The Morgan fingerprint density at radius 1 is 1.33 bits per heavy atom. The zero-order valence-electron chi connectivity index (χ0n) is 21.8. The largest absolute Gasteiger partial charge is 0.418 e. The van der Waals surface area contributed by atoms with Gasteiger partial charge in [-0.2, -0.15) is 18.3 Å². The predicted molar refractivity (Wildman–Crippen MR) is 142 cm³/mol. The Balaban J connectivity index is 1.10. The number of fused-ring (bicyclic) bond motifs is 1. The van der Waals surface area contributed by atoms with Crippen LogP contribution in [0.5, 0.6) is 0 Å². The Bertz CT molecular complexity index is 1310. The molecule has 4 N–H and O–H groups in total. The number of H-pyrrole nitrogens is 1. The van der Waals surface area contributed by atoms with Crippen molar-refractivity contribution in [3.8, 4) is 0 Å². The smallest absolute Gasteiger partial charge is 0.384 e. The number of rotatable bonds is 8. The molecule has 5 rings (SSSR count). The first-order valence-corrected chi connectivity index (χ1v) is 13.9. The lowest BCUT2D eigenvalue weighted by Gasteiger charge is -2.48. The Hall–Kier alpha value is -2.74. The van der Waals surface area contributed by atoms with E-state index in [1.807, 2.05) is 6.20 Å². The highest BCUT2D eigenvalue weighted by Gasteiger charge is 2.42. The molecule has 9 nitrogen and oxygen atoms in total. The molecule has 2 aromatic heterocycles. The summed E-state index contributed by atoms with van der Waals surface area (Å²) in [7, 11) is 1.64. The molecule has 1 saturated heterocycles. The van der Waals surface area contributed by atoms with Gasteiger partial charge in [0.1, 0.15) is 5.60 Å². The maximum absolute atomic E-state index is 13.0. The van der Waals surface area contributed by atoms with Crippen LogP contribution in [0.25, 0.3) is 10.9 Å². The molecule has 0 bridgehead atoms. The average molecular weight is 567 g/mol. The van der Waals surface area contributed by atoms with Gasteiger partial charge in [0.05, 0.1) is 28.0 Å². The van der Waals surface area contributed by atoms with E-state index in [4.69, 9.17) is 0 Å². The summed E-state index contributed by atoms with van der Waals surface area (Å²) in [5, 5.41) is 32.1. The Morgan fingerprint density at radius 3 is 2.69 bits per heavy atom. The fourth-order valence-corrected chi connectivity index (χ4v) is 6.52. The minimum atomic E-state index is -4.78.